The van der Waals surface area contributed by atoms with Crippen LogP contribution in [0.4, 0.5) is 0 Å². The summed E-state index contributed by atoms with van der Waals surface area (Å²) < 4.78 is 0. The molecule has 1 aliphatic heterocycles. The third kappa shape index (κ3) is 2.99. The van der Waals surface area contributed by atoms with E-state index in [1.165, 1.54) is 36.9 Å². The molecule has 0 radical (unpaired) electrons. The van der Waals surface area contributed by atoms with Crippen LogP contribution in [-0.2, 0) is 6.54 Å². The van der Waals surface area contributed by atoms with Crippen LogP contribution in [0.25, 0.3) is 0 Å². The van der Waals surface area contributed by atoms with Gasteiger partial charge >= 0.3 is 0 Å². The Balaban J connectivity index is 2.02. The summed E-state index contributed by atoms with van der Waals surface area (Å²) in [5, 5.41) is 0. The van der Waals surface area contributed by atoms with Gasteiger partial charge in [-0.2, -0.15) is 0 Å². The fourth-order valence-electron chi connectivity index (χ4n) is 2.49. The molecule has 1 unspecified atom stereocenters. The topological polar surface area (TPSA) is 3.24 Å². The number of benzene rings is 1. The van der Waals surface area contributed by atoms with Gasteiger partial charge in [-0.3, -0.25) is 4.90 Å². The average molecular weight is 238 g/mol. The Bertz CT molecular complexity index is 337. The summed E-state index contributed by atoms with van der Waals surface area (Å²) in [5.41, 5.74) is 2.76. The first-order valence-electron chi connectivity index (χ1n) is 6.15. The van der Waals surface area contributed by atoms with Gasteiger partial charge in [-0.05, 0) is 31.9 Å². The number of rotatable bonds is 3. The van der Waals surface area contributed by atoms with Crippen LogP contribution < -0.4 is 0 Å². The van der Waals surface area contributed by atoms with Crippen LogP contribution >= 0.6 is 11.6 Å². The van der Waals surface area contributed by atoms with E-state index < -0.39 is 0 Å². The SMILES string of the molecule is Cc1cccc(CN2CCCCC2CCl)c1. The lowest BCUT2D eigenvalue weighted by molar-refractivity contribution is 0.155. The van der Waals surface area contributed by atoms with E-state index in [9.17, 15) is 0 Å². The first-order valence-corrected chi connectivity index (χ1v) is 6.68. The molecule has 1 aromatic carbocycles. The number of likely N-dealkylation sites (tertiary alicyclic amines) is 1. The molecule has 0 aromatic heterocycles. The predicted octanol–water partition coefficient (Wildman–Crippen LogP) is 3.59. The second kappa shape index (κ2) is 5.70. The quantitative estimate of drug-likeness (QED) is 0.727. The highest BCUT2D eigenvalue weighted by Gasteiger charge is 2.21. The molecule has 2 rings (SSSR count). The number of halogens is 1. The lowest BCUT2D eigenvalue weighted by Crippen LogP contribution is -2.40. The lowest BCUT2D eigenvalue weighted by atomic mass is 10.0. The first-order chi connectivity index (χ1) is 7.79. The molecule has 1 heterocycles. The number of alkyl halides is 1. The number of aryl methyl sites for hydroxylation is 1. The fraction of sp³-hybridized carbons (Fsp3) is 0.571. The third-order valence-electron chi connectivity index (χ3n) is 3.40. The highest BCUT2D eigenvalue weighted by atomic mass is 35.5. The Morgan fingerprint density at radius 2 is 2.25 bits per heavy atom. The van der Waals surface area contributed by atoms with Crippen molar-refractivity contribution in [2.24, 2.45) is 0 Å². The molecule has 0 bridgehead atoms. The minimum Gasteiger partial charge on any atom is -0.295 e. The molecular formula is C14H20ClN. The van der Waals surface area contributed by atoms with Gasteiger partial charge in [0, 0.05) is 18.5 Å². The van der Waals surface area contributed by atoms with Crippen molar-refractivity contribution in [3.05, 3.63) is 35.4 Å². The smallest absolute Gasteiger partial charge is 0.0379 e. The van der Waals surface area contributed by atoms with Crippen molar-refractivity contribution in [3.8, 4) is 0 Å². The normalized spacial score (nSPS) is 22.2. The van der Waals surface area contributed by atoms with E-state index in [1.807, 2.05) is 0 Å². The van der Waals surface area contributed by atoms with Crippen LogP contribution in [0.2, 0.25) is 0 Å². The van der Waals surface area contributed by atoms with Gasteiger partial charge in [0.05, 0.1) is 0 Å². The third-order valence-corrected chi connectivity index (χ3v) is 3.75. The molecule has 1 atom stereocenters. The molecule has 88 valence electrons. The summed E-state index contributed by atoms with van der Waals surface area (Å²) in [7, 11) is 0. The van der Waals surface area contributed by atoms with Gasteiger partial charge in [-0.25, -0.2) is 0 Å². The number of hydrogen-bond donors (Lipinski definition) is 0. The van der Waals surface area contributed by atoms with Crippen molar-refractivity contribution in [1.82, 2.24) is 4.90 Å². The van der Waals surface area contributed by atoms with Crippen LogP contribution in [0.15, 0.2) is 24.3 Å². The van der Waals surface area contributed by atoms with E-state index in [1.54, 1.807) is 0 Å². The Labute approximate surface area is 103 Å². The maximum absolute atomic E-state index is 6.03. The van der Waals surface area contributed by atoms with Gasteiger partial charge in [0.15, 0.2) is 0 Å². The zero-order valence-electron chi connectivity index (χ0n) is 9.95. The van der Waals surface area contributed by atoms with Crippen LogP contribution in [0, 0.1) is 6.92 Å². The molecule has 0 spiro atoms. The van der Waals surface area contributed by atoms with Gasteiger partial charge in [-0.1, -0.05) is 36.2 Å². The van der Waals surface area contributed by atoms with Crippen molar-refractivity contribution in [2.45, 2.75) is 38.8 Å². The molecule has 1 nitrogen and oxygen atoms in total. The average Bonchev–Trinajstić information content (AvgIpc) is 2.30. The number of hydrogen-bond acceptors (Lipinski definition) is 1. The molecule has 1 aromatic rings. The van der Waals surface area contributed by atoms with Crippen LogP contribution in [0.3, 0.4) is 0 Å². The van der Waals surface area contributed by atoms with Crippen LogP contribution in [0.5, 0.6) is 0 Å². The molecule has 1 aliphatic rings. The van der Waals surface area contributed by atoms with E-state index in [0.29, 0.717) is 6.04 Å². The highest BCUT2D eigenvalue weighted by Crippen LogP contribution is 2.20. The fourth-order valence-corrected chi connectivity index (χ4v) is 2.84. The van der Waals surface area contributed by atoms with E-state index in [2.05, 4.69) is 36.1 Å². The minimum absolute atomic E-state index is 0.580. The summed E-state index contributed by atoms with van der Waals surface area (Å²) in [4.78, 5) is 2.53. The predicted molar refractivity (Wildman–Crippen MR) is 69.9 cm³/mol. The van der Waals surface area contributed by atoms with Crippen molar-refractivity contribution in [3.63, 3.8) is 0 Å². The van der Waals surface area contributed by atoms with Crippen molar-refractivity contribution in [1.29, 1.82) is 0 Å². The highest BCUT2D eigenvalue weighted by molar-refractivity contribution is 6.18. The van der Waals surface area contributed by atoms with Crippen molar-refractivity contribution in [2.75, 3.05) is 12.4 Å². The van der Waals surface area contributed by atoms with Gasteiger partial charge in [0.2, 0.25) is 0 Å². The summed E-state index contributed by atoms with van der Waals surface area (Å²) in [6.45, 7) is 4.41. The molecule has 2 heteroatoms. The maximum atomic E-state index is 6.03. The molecule has 1 saturated heterocycles. The van der Waals surface area contributed by atoms with E-state index >= 15 is 0 Å². The van der Waals surface area contributed by atoms with Gasteiger partial charge < -0.3 is 0 Å². The molecule has 0 aliphatic carbocycles. The number of piperidine rings is 1. The second-order valence-corrected chi connectivity index (χ2v) is 5.07. The Morgan fingerprint density at radius 3 is 3.00 bits per heavy atom. The van der Waals surface area contributed by atoms with Gasteiger partial charge in [-0.15, -0.1) is 11.6 Å². The molecule has 16 heavy (non-hydrogen) atoms. The molecule has 1 fully saturated rings. The van der Waals surface area contributed by atoms with E-state index in [-0.39, 0.29) is 0 Å². The maximum Gasteiger partial charge on any atom is 0.0379 e. The monoisotopic (exact) mass is 237 g/mol. The standard InChI is InChI=1S/C14H20ClN/c1-12-5-4-6-13(9-12)11-16-8-3-2-7-14(16)10-15/h4-6,9,14H,2-3,7-8,10-11H2,1H3. The zero-order valence-corrected chi connectivity index (χ0v) is 10.7. The Hall–Kier alpha value is -0.530. The summed E-state index contributed by atoms with van der Waals surface area (Å²) >= 11 is 6.03. The largest absolute Gasteiger partial charge is 0.295 e. The van der Waals surface area contributed by atoms with Gasteiger partial charge in [0.25, 0.3) is 0 Å². The zero-order chi connectivity index (χ0) is 11.4. The number of nitrogens with zero attached hydrogens (tertiary/aromatic N) is 1. The van der Waals surface area contributed by atoms with Crippen molar-refractivity contribution >= 4 is 11.6 Å². The van der Waals surface area contributed by atoms with Crippen LogP contribution in [0.1, 0.15) is 30.4 Å². The molecule has 0 amide bonds. The van der Waals surface area contributed by atoms with E-state index in [4.69, 9.17) is 11.6 Å². The molecule has 0 N–H and O–H groups in total. The van der Waals surface area contributed by atoms with Crippen LogP contribution in [-0.4, -0.2) is 23.4 Å². The lowest BCUT2D eigenvalue weighted by Gasteiger charge is -2.34. The second-order valence-electron chi connectivity index (χ2n) is 4.76. The first kappa shape index (κ1) is 11.9. The molecular weight excluding hydrogens is 218 g/mol. The Morgan fingerprint density at radius 1 is 1.38 bits per heavy atom. The van der Waals surface area contributed by atoms with E-state index in [0.717, 1.165) is 12.4 Å². The summed E-state index contributed by atoms with van der Waals surface area (Å²) in [6, 6.07) is 9.37. The molecule has 0 saturated carbocycles. The Kier molecular flexibility index (Phi) is 4.25. The summed E-state index contributed by atoms with van der Waals surface area (Å²) in [5.74, 6) is 0.770. The summed E-state index contributed by atoms with van der Waals surface area (Å²) in [6.07, 6.45) is 3.91. The minimum atomic E-state index is 0.580. The van der Waals surface area contributed by atoms with Gasteiger partial charge in [0.1, 0.15) is 0 Å². The van der Waals surface area contributed by atoms with Crippen molar-refractivity contribution < 1.29 is 0 Å².